The third kappa shape index (κ3) is 3.86. The van der Waals surface area contributed by atoms with Crippen LogP contribution in [-0.2, 0) is 17.8 Å². The third-order valence-electron chi connectivity index (χ3n) is 6.08. The molecule has 0 aliphatic carbocycles. The highest BCUT2D eigenvalue weighted by molar-refractivity contribution is 5.95. The number of benzene rings is 1. The summed E-state index contributed by atoms with van der Waals surface area (Å²) in [5.74, 6) is 1.42. The summed E-state index contributed by atoms with van der Waals surface area (Å²) in [6.07, 6.45) is 2.91. The van der Waals surface area contributed by atoms with Crippen LogP contribution in [0.25, 0.3) is 0 Å². The van der Waals surface area contributed by atoms with Gasteiger partial charge in [0, 0.05) is 31.3 Å². The quantitative estimate of drug-likeness (QED) is 0.794. The van der Waals surface area contributed by atoms with Crippen LogP contribution in [0, 0.1) is 5.41 Å². The fourth-order valence-corrected chi connectivity index (χ4v) is 4.13. The molecule has 29 heavy (non-hydrogen) atoms. The Kier molecular flexibility index (Phi) is 5.06. The highest BCUT2D eigenvalue weighted by Crippen LogP contribution is 2.35. The van der Waals surface area contributed by atoms with E-state index in [1.807, 2.05) is 18.2 Å². The van der Waals surface area contributed by atoms with E-state index in [2.05, 4.69) is 23.8 Å². The highest BCUT2D eigenvalue weighted by atomic mass is 16.5. The van der Waals surface area contributed by atoms with Crippen molar-refractivity contribution in [2.45, 2.75) is 39.7 Å². The Morgan fingerprint density at radius 1 is 1.14 bits per heavy atom. The van der Waals surface area contributed by atoms with Gasteiger partial charge in [0.2, 0.25) is 5.91 Å². The van der Waals surface area contributed by atoms with Gasteiger partial charge >= 0.3 is 0 Å². The maximum Gasteiger partial charge on any atom is 0.267 e. The molecule has 2 aromatic rings. The molecule has 1 aromatic carbocycles. The summed E-state index contributed by atoms with van der Waals surface area (Å²) in [5.41, 5.74) is 1.97. The summed E-state index contributed by atoms with van der Waals surface area (Å²) in [7, 11) is 1.64. The molecule has 2 aliphatic rings. The fraction of sp³-hybridized carbons (Fsp3) is 0.500. The zero-order chi connectivity index (χ0) is 20.6. The Balaban J connectivity index is 1.52. The van der Waals surface area contributed by atoms with Gasteiger partial charge in [0.1, 0.15) is 18.1 Å². The van der Waals surface area contributed by atoms with E-state index in [9.17, 15) is 9.59 Å². The Morgan fingerprint density at radius 2 is 1.90 bits per heavy atom. The molecule has 3 heterocycles. The van der Waals surface area contributed by atoms with E-state index in [0.29, 0.717) is 12.0 Å². The topological polar surface area (TPSA) is 67.7 Å². The van der Waals surface area contributed by atoms with Crippen LogP contribution in [0.4, 0.5) is 11.5 Å². The van der Waals surface area contributed by atoms with Crippen LogP contribution >= 0.6 is 0 Å². The molecular formula is C22H28N4O3. The Bertz CT molecular complexity index is 972. The molecule has 0 N–H and O–H groups in total. The van der Waals surface area contributed by atoms with Gasteiger partial charge in [0.25, 0.3) is 5.56 Å². The number of hydrogen-bond donors (Lipinski definition) is 0. The monoisotopic (exact) mass is 396 g/mol. The second kappa shape index (κ2) is 7.54. The number of rotatable bonds is 4. The average Bonchev–Trinajstić information content (AvgIpc) is 3.14. The molecule has 0 bridgehead atoms. The van der Waals surface area contributed by atoms with E-state index in [0.717, 1.165) is 55.2 Å². The van der Waals surface area contributed by atoms with Crippen LogP contribution in [0.2, 0.25) is 0 Å². The summed E-state index contributed by atoms with van der Waals surface area (Å²) < 4.78 is 6.70. The molecule has 2 aliphatic heterocycles. The number of nitrogens with zero attached hydrogens (tertiary/aromatic N) is 4. The minimum absolute atomic E-state index is 0.0668. The number of hydrogen-bond acceptors (Lipinski definition) is 5. The molecule has 1 fully saturated rings. The lowest BCUT2D eigenvalue weighted by molar-refractivity contribution is -0.119. The molecule has 7 heteroatoms. The van der Waals surface area contributed by atoms with E-state index in [4.69, 9.17) is 4.74 Å². The first-order chi connectivity index (χ1) is 13.9. The summed E-state index contributed by atoms with van der Waals surface area (Å²) in [6.45, 7) is 6.89. The number of amides is 1. The van der Waals surface area contributed by atoms with E-state index in [-0.39, 0.29) is 18.0 Å². The van der Waals surface area contributed by atoms with Gasteiger partial charge in [-0.15, -0.1) is 0 Å². The predicted octanol–water partition coefficient (Wildman–Crippen LogP) is 2.47. The zero-order valence-electron chi connectivity index (χ0n) is 17.4. The summed E-state index contributed by atoms with van der Waals surface area (Å²) in [4.78, 5) is 29.2. The van der Waals surface area contributed by atoms with E-state index >= 15 is 0 Å². The summed E-state index contributed by atoms with van der Waals surface area (Å²) in [6, 6.07) is 8.98. The molecule has 1 saturated heterocycles. The fourth-order valence-electron chi connectivity index (χ4n) is 4.13. The van der Waals surface area contributed by atoms with Gasteiger partial charge in [-0.1, -0.05) is 19.9 Å². The van der Waals surface area contributed by atoms with Crippen molar-refractivity contribution in [2.24, 2.45) is 5.41 Å². The Hall–Kier alpha value is -2.83. The lowest BCUT2D eigenvalue weighted by atomic mass is 9.83. The molecule has 0 spiro atoms. The van der Waals surface area contributed by atoms with E-state index in [1.54, 1.807) is 18.1 Å². The Labute approximate surface area is 170 Å². The molecule has 1 amide bonds. The predicted molar refractivity (Wildman–Crippen MR) is 113 cm³/mol. The van der Waals surface area contributed by atoms with Gasteiger partial charge in [0.05, 0.1) is 12.8 Å². The largest absolute Gasteiger partial charge is 0.496 e. The van der Waals surface area contributed by atoms with Crippen molar-refractivity contribution < 1.29 is 9.53 Å². The number of piperidine rings is 1. The van der Waals surface area contributed by atoms with Crippen molar-refractivity contribution in [3.8, 4) is 5.75 Å². The number of methoxy groups -OCH3 is 1. The minimum atomic E-state index is -0.260. The molecule has 0 radical (unpaired) electrons. The molecule has 0 atom stereocenters. The van der Waals surface area contributed by atoms with Crippen molar-refractivity contribution in [1.29, 1.82) is 0 Å². The number of fused-ring (bicyclic) bond motifs is 1. The molecule has 4 rings (SSSR count). The molecule has 0 saturated carbocycles. The highest BCUT2D eigenvalue weighted by Gasteiger charge is 2.28. The minimum Gasteiger partial charge on any atom is -0.496 e. The van der Waals surface area contributed by atoms with E-state index in [1.165, 1.54) is 10.7 Å². The molecule has 154 valence electrons. The lowest BCUT2D eigenvalue weighted by Crippen LogP contribution is -2.40. The first kappa shape index (κ1) is 19.5. The van der Waals surface area contributed by atoms with Crippen LogP contribution in [-0.4, -0.2) is 42.4 Å². The first-order valence-corrected chi connectivity index (χ1v) is 10.2. The van der Waals surface area contributed by atoms with Crippen molar-refractivity contribution in [1.82, 2.24) is 9.78 Å². The second-order valence-corrected chi connectivity index (χ2v) is 8.59. The third-order valence-corrected chi connectivity index (χ3v) is 6.08. The number of aromatic nitrogens is 2. The van der Waals surface area contributed by atoms with Gasteiger partial charge in [-0.05, 0) is 42.9 Å². The van der Waals surface area contributed by atoms with Crippen LogP contribution < -0.4 is 20.1 Å². The number of carbonyl (C=O) groups excluding carboxylic acids is 1. The number of carbonyl (C=O) groups is 1. The van der Waals surface area contributed by atoms with Crippen LogP contribution in [0.15, 0.2) is 35.1 Å². The van der Waals surface area contributed by atoms with Crippen LogP contribution in [0.3, 0.4) is 0 Å². The molecular weight excluding hydrogens is 368 g/mol. The normalized spacial score (nSPS) is 17.9. The van der Waals surface area contributed by atoms with Crippen molar-refractivity contribution in [2.75, 3.05) is 36.5 Å². The maximum absolute atomic E-state index is 13.0. The van der Waals surface area contributed by atoms with Gasteiger partial charge in [-0.25, -0.2) is 4.68 Å². The van der Waals surface area contributed by atoms with E-state index < -0.39 is 0 Å². The van der Waals surface area contributed by atoms with Crippen LogP contribution in [0.5, 0.6) is 5.75 Å². The number of anilines is 2. The van der Waals surface area contributed by atoms with Crippen molar-refractivity contribution in [3.63, 3.8) is 0 Å². The molecule has 1 aromatic heterocycles. The lowest BCUT2D eigenvalue weighted by Gasteiger charge is -2.37. The second-order valence-electron chi connectivity index (χ2n) is 8.59. The van der Waals surface area contributed by atoms with Gasteiger partial charge in [-0.3, -0.25) is 9.59 Å². The molecule has 0 unspecified atom stereocenters. The first-order valence-electron chi connectivity index (χ1n) is 10.2. The maximum atomic E-state index is 13.0. The van der Waals surface area contributed by atoms with Crippen LogP contribution in [0.1, 0.15) is 32.3 Å². The Morgan fingerprint density at radius 3 is 2.62 bits per heavy atom. The van der Waals surface area contributed by atoms with Crippen molar-refractivity contribution >= 4 is 17.4 Å². The SMILES string of the molecule is COc1cccc2c1CCN2C(=O)Cn1nc(N2CCC(C)(C)CC2)ccc1=O. The van der Waals surface area contributed by atoms with Gasteiger partial charge in [0.15, 0.2) is 0 Å². The molecule has 7 nitrogen and oxygen atoms in total. The smallest absolute Gasteiger partial charge is 0.267 e. The standard InChI is InChI=1S/C22H28N4O3/c1-22(2)10-13-24(14-11-22)19-7-8-20(27)26(23-19)15-21(28)25-12-9-16-17(25)5-4-6-18(16)29-3/h4-8H,9-15H2,1-3H3. The summed E-state index contributed by atoms with van der Waals surface area (Å²) >= 11 is 0. The number of ether oxygens (including phenoxy) is 1. The average molecular weight is 396 g/mol. The van der Waals surface area contributed by atoms with Gasteiger partial charge < -0.3 is 14.5 Å². The van der Waals surface area contributed by atoms with Crippen molar-refractivity contribution in [3.05, 3.63) is 46.2 Å². The zero-order valence-corrected chi connectivity index (χ0v) is 17.4. The van der Waals surface area contributed by atoms with Gasteiger partial charge in [-0.2, -0.15) is 5.10 Å². The summed E-state index contributed by atoms with van der Waals surface area (Å²) in [5, 5.41) is 4.50.